The Morgan fingerprint density at radius 1 is 1.07 bits per heavy atom. The molecule has 1 aliphatic carbocycles. The van der Waals surface area contributed by atoms with Crippen molar-refractivity contribution in [2.75, 3.05) is 10.7 Å². The van der Waals surface area contributed by atoms with Gasteiger partial charge in [-0.15, -0.1) is 18.3 Å². The topological polar surface area (TPSA) is 97.9 Å². The third-order valence-electron chi connectivity index (χ3n) is 7.00. The average Bonchev–Trinajstić information content (AvgIpc) is 3.47. The van der Waals surface area contributed by atoms with E-state index in [1.165, 1.54) is 30.1 Å². The number of para-hydroxylation sites is 1. The largest absolute Gasteiger partial charge is 0.573 e. The molecule has 0 saturated carbocycles. The van der Waals surface area contributed by atoms with Gasteiger partial charge in [-0.25, -0.2) is 9.97 Å². The molecule has 3 heterocycles. The van der Waals surface area contributed by atoms with Crippen molar-refractivity contribution in [3.05, 3.63) is 76.9 Å². The maximum absolute atomic E-state index is 12.7. The predicted octanol–water partition coefficient (Wildman–Crippen LogP) is 5.63. The first-order valence-electron chi connectivity index (χ1n) is 13.0. The van der Waals surface area contributed by atoms with Crippen LogP contribution in [0.1, 0.15) is 28.2 Å². The van der Waals surface area contributed by atoms with Crippen LogP contribution < -0.4 is 9.64 Å². The summed E-state index contributed by atoms with van der Waals surface area (Å²) in [6, 6.07) is 11.6. The quantitative estimate of drug-likeness (QED) is 0.221. The van der Waals surface area contributed by atoms with Crippen LogP contribution >= 0.6 is 11.8 Å². The van der Waals surface area contributed by atoms with Gasteiger partial charge >= 0.3 is 6.36 Å². The standard InChI is InChI=1S/C29H24F3N7O2S/c1-16-5-4-6-17(2)26(16)39-24(40)15-42-28(39)36-34-14-23-33-13-21-22(35-23)12-11-20-25(21)37-38(3)27(20)18-7-9-19(10-8-18)41-29(30,31)32/h4-10,13-14H,11-12,15H2,1-3H3/b34-14-,36-28-. The minimum absolute atomic E-state index is 0.0486. The lowest BCUT2D eigenvalue weighted by Crippen LogP contribution is -2.30. The smallest absolute Gasteiger partial charge is 0.406 e. The second kappa shape index (κ2) is 10.7. The Hall–Kier alpha value is -4.52. The fourth-order valence-corrected chi connectivity index (χ4v) is 6.08. The Kier molecular flexibility index (Phi) is 7.05. The highest BCUT2D eigenvalue weighted by Gasteiger charge is 2.33. The Morgan fingerprint density at radius 2 is 1.81 bits per heavy atom. The minimum Gasteiger partial charge on any atom is -0.406 e. The van der Waals surface area contributed by atoms with Crippen LogP contribution in [0.5, 0.6) is 5.75 Å². The van der Waals surface area contributed by atoms with Gasteiger partial charge in [-0.1, -0.05) is 30.0 Å². The molecule has 1 amide bonds. The van der Waals surface area contributed by atoms with Crippen molar-refractivity contribution in [2.45, 2.75) is 33.1 Å². The van der Waals surface area contributed by atoms with E-state index in [0.717, 1.165) is 50.6 Å². The number of aromatic nitrogens is 4. The summed E-state index contributed by atoms with van der Waals surface area (Å²) in [6.07, 6.45) is -0.320. The molecule has 9 nitrogen and oxygen atoms in total. The molecule has 2 aliphatic rings. The molecule has 1 fully saturated rings. The Balaban J connectivity index is 1.24. The summed E-state index contributed by atoms with van der Waals surface area (Å²) in [5.74, 6) is 0.340. The summed E-state index contributed by atoms with van der Waals surface area (Å²) in [6.45, 7) is 3.92. The molecular formula is C29H24F3N7O2S. The Morgan fingerprint density at radius 3 is 2.52 bits per heavy atom. The number of rotatable bonds is 5. The van der Waals surface area contributed by atoms with Gasteiger partial charge in [-0.2, -0.15) is 10.2 Å². The number of benzene rings is 2. The lowest BCUT2D eigenvalue weighted by molar-refractivity contribution is -0.274. The van der Waals surface area contributed by atoms with Crippen molar-refractivity contribution in [3.63, 3.8) is 0 Å². The van der Waals surface area contributed by atoms with Crippen LogP contribution in [0.15, 0.2) is 58.9 Å². The average molecular weight is 592 g/mol. The lowest BCUT2D eigenvalue weighted by atomic mass is 9.91. The van der Waals surface area contributed by atoms with E-state index >= 15 is 0 Å². The van der Waals surface area contributed by atoms with Gasteiger partial charge < -0.3 is 4.74 Å². The van der Waals surface area contributed by atoms with Crippen molar-refractivity contribution >= 4 is 34.7 Å². The first-order valence-corrected chi connectivity index (χ1v) is 14.0. The fraction of sp³-hybridized carbons (Fsp3) is 0.241. The van der Waals surface area contributed by atoms with E-state index in [4.69, 9.17) is 0 Å². The number of carbonyl (C=O) groups excluding carboxylic acids is 1. The molecule has 2 aromatic carbocycles. The molecule has 6 rings (SSSR count). The summed E-state index contributed by atoms with van der Waals surface area (Å²) in [5, 5.41) is 13.7. The number of hydrogen-bond donors (Lipinski definition) is 0. The number of thioether (sulfide) groups is 1. The van der Waals surface area contributed by atoms with Gasteiger partial charge in [-0.05, 0) is 62.1 Å². The second-order valence-corrected chi connectivity index (χ2v) is 10.8. The van der Waals surface area contributed by atoms with Gasteiger partial charge in [-0.3, -0.25) is 14.4 Å². The van der Waals surface area contributed by atoms with E-state index in [9.17, 15) is 18.0 Å². The van der Waals surface area contributed by atoms with Gasteiger partial charge in [0.1, 0.15) is 5.75 Å². The maximum atomic E-state index is 12.7. The van der Waals surface area contributed by atoms with Crippen molar-refractivity contribution in [1.82, 2.24) is 19.7 Å². The summed E-state index contributed by atoms with van der Waals surface area (Å²) in [4.78, 5) is 23.4. The number of fused-ring (bicyclic) bond motifs is 3. The molecule has 0 radical (unpaired) electrons. The number of amides is 1. The molecular weight excluding hydrogens is 567 g/mol. The molecule has 0 atom stereocenters. The van der Waals surface area contributed by atoms with Gasteiger partial charge in [0.05, 0.1) is 34.7 Å². The van der Waals surface area contributed by atoms with E-state index in [1.807, 2.05) is 32.0 Å². The third-order valence-corrected chi connectivity index (χ3v) is 7.92. The van der Waals surface area contributed by atoms with E-state index in [-0.39, 0.29) is 17.4 Å². The Labute approximate surface area is 243 Å². The summed E-state index contributed by atoms with van der Waals surface area (Å²) in [5.41, 5.74) is 7.62. The predicted molar refractivity (Wildman–Crippen MR) is 155 cm³/mol. The minimum atomic E-state index is -4.75. The second-order valence-electron chi connectivity index (χ2n) is 9.85. The zero-order valence-corrected chi connectivity index (χ0v) is 23.6. The number of halogens is 3. The lowest BCUT2D eigenvalue weighted by Gasteiger charge is -2.20. The van der Waals surface area contributed by atoms with E-state index < -0.39 is 6.36 Å². The molecule has 1 saturated heterocycles. The zero-order chi connectivity index (χ0) is 29.6. The number of nitrogens with zero attached hydrogens (tertiary/aromatic N) is 7. The van der Waals surface area contributed by atoms with E-state index in [2.05, 4.69) is 30.0 Å². The number of carbonyl (C=O) groups is 1. The molecule has 0 spiro atoms. The molecule has 0 unspecified atom stereocenters. The van der Waals surface area contributed by atoms with Crippen molar-refractivity contribution in [3.8, 4) is 28.3 Å². The molecule has 4 aromatic rings. The van der Waals surface area contributed by atoms with Crippen LogP contribution in [0, 0.1) is 13.8 Å². The normalized spacial score (nSPS) is 15.9. The number of aryl methyl sites for hydroxylation is 4. The van der Waals surface area contributed by atoms with Gasteiger partial charge in [0.2, 0.25) is 5.91 Å². The maximum Gasteiger partial charge on any atom is 0.573 e. The van der Waals surface area contributed by atoms with E-state index in [0.29, 0.717) is 23.8 Å². The highest BCUT2D eigenvalue weighted by Crippen LogP contribution is 2.38. The Bertz CT molecular complexity index is 1740. The number of alkyl halides is 3. The monoisotopic (exact) mass is 591 g/mol. The SMILES string of the molecule is Cc1cccc(C)c1N1C(=O)CS/C1=N\N=C/c1ncc2c(n1)CCc1c-2nn(C)c1-c1ccc(OC(F)(F)F)cc1. The van der Waals surface area contributed by atoms with Crippen molar-refractivity contribution in [1.29, 1.82) is 0 Å². The van der Waals surface area contributed by atoms with Crippen LogP contribution in [0.2, 0.25) is 0 Å². The van der Waals surface area contributed by atoms with Crippen LogP contribution in [0.3, 0.4) is 0 Å². The molecule has 214 valence electrons. The number of hydrogen-bond acceptors (Lipinski definition) is 8. The third kappa shape index (κ3) is 5.27. The van der Waals surface area contributed by atoms with Crippen LogP contribution in [-0.2, 0) is 24.7 Å². The zero-order valence-electron chi connectivity index (χ0n) is 22.8. The van der Waals surface area contributed by atoms with Crippen LogP contribution in [-0.4, -0.2) is 49.2 Å². The van der Waals surface area contributed by atoms with E-state index in [1.54, 1.807) is 35.0 Å². The highest BCUT2D eigenvalue weighted by molar-refractivity contribution is 8.15. The molecule has 0 bridgehead atoms. The van der Waals surface area contributed by atoms with Crippen LogP contribution in [0.25, 0.3) is 22.5 Å². The molecule has 42 heavy (non-hydrogen) atoms. The summed E-state index contributed by atoms with van der Waals surface area (Å²) >= 11 is 1.33. The number of amidine groups is 1. The van der Waals surface area contributed by atoms with Gasteiger partial charge in [0, 0.05) is 29.9 Å². The van der Waals surface area contributed by atoms with Gasteiger partial charge in [0.15, 0.2) is 11.0 Å². The van der Waals surface area contributed by atoms with Crippen molar-refractivity contribution in [2.24, 2.45) is 17.3 Å². The molecule has 1 aliphatic heterocycles. The van der Waals surface area contributed by atoms with Crippen molar-refractivity contribution < 1.29 is 22.7 Å². The van der Waals surface area contributed by atoms with Gasteiger partial charge in [0.25, 0.3) is 0 Å². The number of ether oxygens (including phenoxy) is 1. The first-order chi connectivity index (χ1) is 20.1. The number of anilines is 1. The molecule has 13 heteroatoms. The highest BCUT2D eigenvalue weighted by atomic mass is 32.2. The molecule has 2 aromatic heterocycles. The first kappa shape index (κ1) is 27.6. The summed E-state index contributed by atoms with van der Waals surface area (Å²) < 4.78 is 43.4. The molecule has 0 N–H and O–H groups in total. The fourth-order valence-electron chi connectivity index (χ4n) is 5.27. The van der Waals surface area contributed by atoms with Crippen LogP contribution in [0.4, 0.5) is 18.9 Å². The summed E-state index contributed by atoms with van der Waals surface area (Å²) in [7, 11) is 1.79.